The Labute approximate surface area is 162 Å². The largest absolute Gasteiger partial charge is 0.322 e. The van der Waals surface area contributed by atoms with Crippen LogP contribution in [0.1, 0.15) is 21.5 Å². The Morgan fingerprint density at radius 2 is 1.85 bits per heavy atom. The third kappa shape index (κ3) is 3.32. The summed E-state index contributed by atoms with van der Waals surface area (Å²) in [5.74, 6) is -0.230. The second-order valence-electron chi connectivity index (χ2n) is 6.51. The van der Waals surface area contributed by atoms with Crippen molar-refractivity contribution in [1.82, 2.24) is 9.38 Å². The summed E-state index contributed by atoms with van der Waals surface area (Å²) in [4.78, 5) is 17.3. The second-order valence-corrected chi connectivity index (χ2v) is 6.92. The van der Waals surface area contributed by atoms with Gasteiger partial charge in [0.25, 0.3) is 5.91 Å². The van der Waals surface area contributed by atoms with Crippen molar-refractivity contribution in [2.75, 3.05) is 5.32 Å². The standard InChI is InChI=1S/C22H18ClN3O/c1-14-9-10-16(20-13-26-11-5-6-15(2)21(26)24-20)12-19(14)25-22(27)17-7-3-4-8-18(17)23/h3-13H,1-2H3,(H,25,27). The summed E-state index contributed by atoms with van der Waals surface area (Å²) in [7, 11) is 0. The van der Waals surface area contributed by atoms with Gasteiger partial charge >= 0.3 is 0 Å². The molecule has 0 spiro atoms. The molecule has 0 aliphatic heterocycles. The van der Waals surface area contributed by atoms with E-state index >= 15 is 0 Å². The molecule has 27 heavy (non-hydrogen) atoms. The van der Waals surface area contributed by atoms with E-state index in [0.29, 0.717) is 10.6 Å². The van der Waals surface area contributed by atoms with Gasteiger partial charge in [0.15, 0.2) is 0 Å². The number of carbonyl (C=O) groups excluding carboxylic acids is 1. The number of anilines is 1. The number of hydrogen-bond donors (Lipinski definition) is 1. The van der Waals surface area contributed by atoms with Gasteiger partial charge in [-0.2, -0.15) is 0 Å². The van der Waals surface area contributed by atoms with Crippen LogP contribution in [0.25, 0.3) is 16.9 Å². The molecule has 5 heteroatoms. The molecule has 2 heterocycles. The zero-order valence-electron chi connectivity index (χ0n) is 15.0. The van der Waals surface area contributed by atoms with Crippen molar-refractivity contribution in [2.45, 2.75) is 13.8 Å². The molecule has 4 nitrogen and oxygen atoms in total. The fourth-order valence-corrected chi connectivity index (χ4v) is 3.27. The lowest BCUT2D eigenvalue weighted by Crippen LogP contribution is -2.13. The van der Waals surface area contributed by atoms with Gasteiger partial charge in [0.2, 0.25) is 0 Å². The Kier molecular flexibility index (Phi) is 4.42. The number of hydrogen-bond acceptors (Lipinski definition) is 2. The van der Waals surface area contributed by atoms with Crippen LogP contribution in [-0.4, -0.2) is 15.3 Å². The molecular formula is C22H18ClN3O. The van der Waals surface area contributed by atoms with Crippen LogP contribution in [-0.2, 0) is 0 Å². The monoisotopic (exact) mass is 375 g/mol. The van der Waals surface area contributed by atoms with Crippen molar-refractivity contribution in [3.63, 3.8) is 0 Å². The summed E-state index contributed by atoms with van der Waals surface area (Å²) in [6.07, 6.45) is 3.97. The Morgan fingerprint density at radius 1 is 1.04 bits per heavy atom. The van der Waals surface area contributed by atoms with Gasteiger partial charge in [-0.3, -0.25) is 4.79 Å². The molecule has 1 amide bonds. The molecule has 2 aromatic carbocycles. The van der Waals surface area contributed by atoms with Crippen molar-refractivity contribution in [2.24, 2.45) is 0 Å². The van der Waals surface area contributed by atoms with Crippen molar-refractivity contribution in [3.8, 4) is 11.3 Å². The minimum absolute atomic E-state index is 0.230. The van der Waals surface area contributed by atoms with Gasteiger partial charge < -0.3 is 9.72 Å². The molecule has 0 aliphatic rings. The summed E-state index contributed by atoms with van der Waals surface area (Å²) in [6, 6.07) is 17.0. The summed E-state index contributed by atoms with van der Waals surface area (Å²) < 4.78 is 2.01. The van der Waals surface area contributed by atoms with Gasteiger partial charge in [0, 0.05) is 23.6 Å². The number of aromatic nitrogens is 2. The third-order valence-electron chi connectivity index (χ3n) is 4.58. The molecule has 0 radical (unpaired) electrons. The van der Waals surface area contributed by atoms with Gasteiger partial charge in [-0.25, -0.2) is 4.98 Å². The maximum atomic E-state index is 12.6. The molecule has 0 aliphatic carbocycles. The van der Waals surface area contributed by atoms with E-state index in [2.05, 4.69) is 5.32 Å². The molecule has 0 atom stereocenters. The minimum atomic E-state index is -0.230. The predicted octanol–water partition coefficient (Wildman–Crippen LogP) is 5.52. The number of nitrogens with one attached hydrogen (secondary N) is 1. The van der Waals surface area contributed by atoms with Crippen LogP contribution in [0, 0.1) is 13.8 Å². The molecule has 2 aromatic heterocycles. The van der Waals surface area contributed by atoms with E-state index in [1.165, 1.54) is 0 Å². The zero-order valence-corrected chi connectivity index (χ0v) is 15.8. The van der Waals surface area contributed by atoms with Crippen LogP contribution in [0.4, 0.5) is 5.69 Å². The van der Waals surface area contributed by atoms with E-state index in [1.807, 2.05) is 61.0 Å². The first-order valence-electron chi connectivity index (χ1n) is 8.64. The summed E-state index contributed by atoms with van der Waals surface area (Å²) in [5.41, 5.74) is 6.01. The van der Waals surface area contributed by atoms with E-state index in [1.54, 1.807) is 24.3 Å². The number of nitrogens with zero attached hydrogens (tertiary/aromatic N) is 2. The highest BCUT2D eigenvalue weighted by Gasteiger charge is 2.13. The smallest absolute Gasteiger partial charge is 0.257 e. The SMILES string of the molecule is Cc1ccc(-c2cn3cccc(C)c3n2)cc1NC(=O)c1ccccc1Cl. The van der Waals surface area contributed by atoms with E-state index in [-0.39, 0.29) is 5.91 Å². The third-order valence-corrected chi connectivity index (χ3v) is 4.91. The second kappa shape index (κ2) is 6.89. The Morgan fingerprint density at radius 3 is 2.63 bits per heavy atom. The summed E-state index contributed by atoms with van der Waals surface area (Å²) >= 11 is 6.14. The van der Waals surface area contributed by atoms with Crippen LogP contribution in [0.15, 0.2) is 67.0 Å². The number of rotatable bonds is 3. The van der Waals surface area contributed by atoms with Crippen molar-refractivity contribution < 1.29 is 4.79 Å². The minimum Gasteiger partial charge on any atom is -0.322 e. The van der Waals surface area contributed by atoms with E-state index in [0.717, 1.165) is 33.7 Å². The highest BCUT2D eigenvalue weighted by molar-refractivity contribution is 6.34. The predicted molar refractivity (Wildman–Crippen MR) is 110 cm³/mol. The van der Waals surface area contributed by atoms with Gasteiger partial charge in [-0.15, -0.1) is 0 Å². The molecular weight excluding hydrogens is 358 g/mol. The highest BCUT2D eigenvalue weighted by Crippen LogP contribution is 2.27. The number of imidazole rings is 1. The maximum absolute atomic E-state index is 12.6. The zero-order chi connectivity index (χ0) is 19.0. The fourth-order valence-electron chi connectivity index (χ4n) is 3.04. The summed E-state index contributed by atoms with van der Waals surface area (Å²) in [5, 5.41) is 3.39. The van der Waals surface area contributed by atoms with E-state index < -0.39 is 0 Å². The van der Waals surface area contributed by atoms with Gasteiger partial charge in [-0.05, 0) is 49.2 Å². The molecule has 134 valence electrons. The highest BCUT2D eigenvalue weighted by atomic mass is 35.5. The normalized spacial score (nSPS) is 10.9. The van der Waals surface area contributed by atoms with E-state index in [9.17, 15) is 4.79 Å². The molecule has 1 N–H and O–H groups in total. The molecule has 0 saturated carbocycles. The molecule has 4 aromatic rings. The molecule has 0 saturated heterocycles. The number of carbonyl (C=O) groups is 1. The van der Waals surface area contributed by atoms with Crippen LogP contribution < -0.4 is 5.32 Å². The number of fused-ring (bicyclic) bond motifs is 1. The van der Waals surface area contributed by atoms with Crippen molar-refractivity contribution >= 4 is 28.8 Å². The molecule has 0 fully saturated rings. The maximum Gasteiger partial charge on any atom is 0.257 e. The van der Waals surface area contributed by atoms with Crippen LogP contribution in [0.3, 0.4) is 0 Å². The Bertz CT molecular complexity index is 1160. The average Bonchev–Trinajstić information content (AvgIpc) is 3.09. The van der Waals surface area contributed by atoms with Crippen molar-refractivity contribution in [3.05, 3.63) is 88.7 Å². The van der Waals surface area contributed by atoms with Gasteiger partial charge in [-0.1, -0.05) is 41.9 Å². The average molecular weight is 376 g/mol. The number of amides is 1. The lowest BCUT2D eigenvalue weighted by atomic mass is 10.1. The lowest BCUT2D eigenvalue weighted by molar-refractivity contribution is 0.102. The molecule has 4 rings (SSSR count). The Hall–Kier alpha value is -3.11. The van der Waals surface area contributed by atoms with Gasteiger partial charge in [0.05, 0.1) is 16.3 Å². The fraction of sp³-hybridized carbons (Fsp3) is 0.0909. The Balaban J connectivity index is 1.70. The first kappa shape index (κ1) is 17.3. The first-order valence-corrected chi connectivity index (χ1v) is 9.02. The topological polar surface area (TPSA) is 46.4 Å². The number of pyridine rings is 1. The van der Waals surface area contributed by atoms with Crippen molar-refractivity contribution in [1.29, 1.82) is 0 Å². The van der Waals surface area contributed by atoms with E-state index in [4.69, 9.17) is 16.6 Å². The quantitative estimate of drug-likeness (QED) is 0.512. The van der Waals surface area contributed by atoms with Crippen LogP contribution in [0.2, 0.25) is 5.02 Å². The number of halogens is 1. The van der Waals surface area contributed by atoms with Gasteiger partial charge in [0.1, 0.15) is 5.65 Å². The molecule has 0 unspecified atom stereocenters. The van der Waals surface area contributed by atoms with Crippen LogP contribution in [0.5, 0.6) is 0 Å². The lowest BCUT2D eigenvalue weighted by Gasteiger charge is -2.11. The molecule has 0 bridgehead atoms. The first-order chi connectivity index (χ1) is 13.0. The number of benzene rings is 2. The number of aryl methyl sites for hydroxylation is 2. The summed E-state index contributed by atoms with van der Waals surface area (Å²) in [6.45, 7) is 4.00. The van der Waals surface area contributed by atoms with Crippen LogP contribution >= 0.6 is 11.6 Å².